The number of aliphatic hydroxyl groups is 2. The van der Waals surface area contributed by atoms with Crippen LogP contribution in [0.5, 0.6) is 17.2 Å². The molecule has 3 aromatic carbocycles. The van der Waals surface area contributed by atoms with Crippen LogP contribution in [0, 0.1) is 0 Å². The first-order valence-electron chi connectivity index (χ1n) is 17.4. The summed E-state index contributed by atoms with van der Waals surface area (Å²) in [4.78, 5) is 34.0. The number of carbonyl (C=O) groups is 3. The molecule has 17 heteroatoms. The van der Waals surface area contributed by atoms with Crippen molar-refractivity contribution in [2.24, 2.45) is 0 Å². The van der Waals surface area contributed by atoms with Gasteiger partial charge in [0, 0.05) is 18.2 Å². The van der Waals surface area contributed by atoms with Crippen LogP contribution in [0.2, 0.25) is 0 Å². The Bertz CT molecular complexity index is 1510. The molecule has 0 spiro atoms. The Balaban J connectivity index is -0.0000000646. The fourth-order valence-electron chi connectivity index (χ4n) is 3.50. The van der Waals surface area contributed by atoms with Crippen molar-refractivity contribution in [3.8, 4) is 17.2 Å². The molecule has 57 heavy (non-hydrogen) atoms. The predicted molar refractivity (Wildman–Crippen MR) is 265 cm³/mol. The number of halogens is 6. The monoisotopic (exact) mass is 1200 g/mol. The van der Waals surface area contributed by atoms with Gasteiger partial charge in [-0.3, -0.25) is 4.79 Å². The molecule has 340 valence electrons. The summed E-state index contributed by atoms with van der Waals surface area (Å²) in [6.07, 6.45) is 0. The molecule has 11 nitrogen and oxygen atoms in total. The van der Waals surface area contributed by atoms with E-state index in [1.165, 1.54) is 0 Å². The minimum atomic E-state index is -1.02. The highest BCUT2D eigenvalue weighted by molar-refractivity contribution is 9.52. The molecule has 0 atom stereocenters. The highest BCUT2D eigenvalue weighted by Crippen LogP contribution is 2.39. The summed E-state index contributed by atoms with van der Waals surface area (Å²) in [5, 5.41) is 27.0. The van der Waals surface area contributed by atoms with E-state index in [0.717, 1.165) is 22.0 Å². The summed E-state index contributed by atoms with van der Waals surface area (Å²) >= 11 is 19.0. The highest BCUT2D eigenvalue weighted by atomic mass is 80.0. The van der Waals surface area contributed by atoms with E-state index < -0.39 is 21.5 Å². The number of phenolic OH excluding ortho intramolecular Hbond substituents is 1. The first-order chi connectivity index (χ1) is 26.3. The lowest BCUT2D eigenvalue weighted by Crippen LogP contribution is -2.39. The molecule has 0 amide bonds. The second kappa shape index (κ2) is 29.5. The van der Waals surface area contributed by atoms with Gasteiger partial charge in [0.25, 0.3) is 0 Å². The Morgan fingerprint density at radius 3 is 1.07 bits per heavy atom. The van der Waals surface area contributed by atoms with Gasteiger partial charge in [-0.1, -0.05) is 68.3 Å². The van der Waals surface area contributed by atoms with Gasteiger partial charge >= 0.3 is 17.9 Å². The van der Waals surface area contributed by atoms with E-state index in [2.05, 4.69) is 95.6 Å². The van der Waals surface area contributed by atoms with Crippen molar-refractivity contribution in [1.82, 2.24) is 0 Å². The molecule has 0 aliphatic rings. The van der Waals surface area contributed by atoms with Gasteiger partial charge in [-0.2, -0.15) is 0 Å². The number of rotatable bonds is 13. The standard InChI is InChI=1S/C13H17BrO3.C13H18O4.C7H8O2.C6H11BrO2.CBr4.9H2/c2*1-4-16-12(15)13(2,3)17-11-7-5-10(9-14)6-8-11;8-5-6-1-3-7(9)4-2-6;1-4-9-5(8)6(2,3)7;2-1(3,4)5;;;;;;;;;/h5-8H,4,9H2,1-3H3;5-8,14H,4,9H2,1-3H3;1-4,8-9H,5H2;4H2,1-3H3;;9*1H. The van der Waals surface area contributed by atoms with E-state index in [1.54, 1.807) is 111 Å². The minimum absolute atomic E-state index is 0. The van der Waals surface area contributed by atoms with Crippen LogP contribution >= 0.6 is 95.6 Å². The van der Waals surface area contributed by atoms with Crippen molar-refractivity contribution in [1.29, 1.82) is 0 Å². The molecule has 0 fully saturated rings. The predicted octanol–water partition coefficient (Wildman–Crippen LogP) is 13.2. The van der Waals surface area contributed by atoms with E-state index in [4.69, 9.17) is 39.0 Å². The summed E-state index contributed by atoms with van der Waals surface area (Å²) in [6, 6.07) is 21.0. The van der Waals surface area contributed by atoms with E-state index in [1.807, 2.05) is 24.3 Å². The van der Waals surface area contributed by atoms with Crippen LogP contribution < -0.4 is 9.47 Å². The van der Waals surface area contributed by atoms with E-state index in [-0.39, 0.29) is 44.8 Å². The third-order valence-corrected chi connectivity index (χ3v) is 7.31. The number of phenols is 1. The summed E-state index contributed by atoms with van der Waals surface area (Å²) in [5.74, 6) is 0.487. The number of esters is 3. The fourth-order valence-corrected chi connectivity index (χ4v) is 3.98. The van der Waals surface area contributed by atoms with Gasteiger partial charge in [0.2, 0.25) is 0 Å². The molecule has 0 bridgehead atoms. The summed E-state index contributed by atoms with van der Waals surface area (Å²) in [5.41, 5.74) is 0.785. The summed E-state index contributed by atoms with van der Waals surface area (Å²) in [7, 11) is 0. The smallest absolute Gasteiger partial charge is 0.349 e. The molecule has 3 aromatic rings. The molecule has 0 aliphatic heterocycles. The van der Waals surface area contributed by atoms with Crippen LogP contribution in [0.15, 0.2) is 72.8 Å². The van der Waals surface area contributed by atoms with Crippen molar-refractivity contribution < 1.29 is 66.2 Å². The van der Waals surface area contributed by atoms with E-state index in [9.17, 15) is 14.4 Å². The lowest BCUT2D eigenvalue weighted by molar-refractivity contribution is -0.159. The molecule has 0 aromatic heterocycles. The molecule has 3 rings (SSSR count). The van der Waals surface area contributed by atoms with Crippen LogP contribution in [0.25, 0.3) is 0 Å². The quantitative estimate of drug-likeness (QED) is 0.0850. The van der Waals surface area contributed by atoms with Crippen LogP contribution in [-0.2, 0) is 47.1 Å². The van der Waals surface area contributed by atoms with Crippen molar-refractivity contribution in [3.63, 3.8) is 0 Å². The number of aromatic hydroxyl groups is 1. The van der Waals surface area contributed by atoms with E-state index in [0.29, 0.717) is 31.3 Å². The average Bonchev–Trinajstić information content (AvgIpc) is 3.12. The van der Waals surface area contributed by atoms with Gasteiger partial charge in [0.15, 0.2) is 12.3 Å². The van der Waals surface area contributed by atoms with Crippen molar-refractivity contribution in [3.05, 3.63) is 89.5 Å². The third kappa shape index (κ3) is 29.2. The zero-order valence-corrected chi connectivity index (χ0v) is 43.1. The Kier molecular flexibility index (Phi) is 29.7. The Morgan fingerprint density at radius 2 is 0.825 bits per heavy atom. The molecule has 3 N–H and O–H groups in total. The Morgan fingerprint density at radius 1 is 0.544 bits per heavy atom. The summed E-state index contributed by atoms with van der Waals surface area (Å²) < 4.78 is 25.0. The number of hydrogen-bond acceptors (Lipinski definition) is 11. The number of carbonyl (C=O) groups excluding carboxylic acids is 3. The maximum Gasteiger partial charge on any atom is 0.349 e. The highest BCUT2D eigenvalue weighted by Gasteiger charge is 2.32. The maximum atomic E-state index is 11.6. The zero-order valence-electron chi connectivity index (χ0n) is 33.5. The van der Waals surface area contributed by atoms with Crippen LogP contribution in [0.4, 0.5) is 0 Å². The fraction of sp³-hybridized carbons (Fsp3) is 0.475. The maximum absolute atomic E-state index is 11.6. The first kappa shape index (κ1) is 57.4. The molecule has 0 radical (unpaired) electrons. The first-order valence-corrected chi connectivity index (χ1v) is 22.5. The lowest BCUT2D eigenvalue weighted by atomic mass is 10.1. The van der Waals surface area contributed by atoms with Gasteiger partial charge in [-0.25, -0.2) is 9.59 Å². The molecule has 0 saturated heterocycles. The second-order valence-corrected chi connectivity index (χ2v) is 26.4. The Hall–Kier alpha value is -1.73. The summed E-state index contributed by atoms with van der Waals surface area (Å²) in [6.45, 7) is 16.7. The van der Waals surface area contributed by atoms with Crippen molar-refractivity contribution in [2.75, 3.05) is 19.8 Å². The van der Waals surface area contributed by atoms with Crippen molar-refractivity contribution >= 4 is 113 Å². The van der Waals surface area contributed by atoms with E-state index >= 15 is 0 Å². The van der Waals surface area contributed by atoms with Crippen molar-refractivity contribution in [2.45, 2.75) is 97.4 Å². The van der Waals surface area contributed by atoms with Crippen LogP contribution in [0.1, 0.15) is 91.8 Å². The van der Waals surface area contributed by atoms with Gasteiger partial charge in [0.05, 0.1) is 33.0 Å². The number of aliphatic hydroxyl groups excluding tert-OH is 2. The largest absolute Gasteiger partial charge is 0.508 e. The molecular weight excluding hydrogens is 1140 g/mol. The number of benzene rings is 3. The van der Waals surface area contributed by atoms with Crippen LogP contribution in [-0.4, -0.2) is 69.6 Å². The van der Waals surface area contributed by atoms with Gasteiger partial charge in [0.1, 0.15) is 21.6 Å². The van der Waals surface area contributed by atoms with Crippen LogP contribution in [0.3, 0.4) is 0 Å². The van der Waals surface area contributed by atoms with Gasteiger partial charge in [-0.05, 0) is 179 Å². The molecule has 0 saturated carbocycles. The second-order valence-electron chi connectivity index (χ2n) is 12.7. The normalized spacial score (nSPS) is 10.9. The van der Waals surface area contributed by atoms with Gasteiger partial charge < -0.3 is 39.0 Å². The minimum Gasteiger partial charge on any atom is -0.508 e. The Labute approximate surface area is 401 Å². The third-order valence-electron chi connectivity index (χ3n) is 6.34. The molecule has 0 aliphatic carbocycles. The molecule has 0 unspecified atom stereocenters. The molecular formula is C40H72Br6O11. The topological polar surface area (TPSA) is 158 Å². The van der Waals surface area contributed by atoms with Gasteiger partial charge in [-0.15, -0.1) is 0 Å². The number of ether oxygens (including phenoxy) is 5. The number of hydrogen-bond donors (Lipinski definition) is 3. The number of alkyl halides is 6. The SMILES string of the molecule is BrC(Br)(Br)Br.CCOC(=O)C(C)(C)Br.CCOC(=O)C(C)(C)Oc1ccc(CBr)cc1.CCOC(=O)C(C)(C)Oc1ccc(CO)cc1.OCc1ccc(O)cc1.[HH].[HH].[HH].[HH].[HH].[HH].[HH].[HH].[HH]. The molecule has 0 heterocycles. The average molecular weight is 1210 g/mol. The lowest BCUT2D eigenvalue weighted by Gasteiger charge is -2.24. The zero-order chi connectivity index (χ0) is 44.5.